The van der Waals surface area contributed by atoms with Crippen LogP contribution >= 0.6 is 23.2 Å². The molecule has 2 atom stereocenters. The fourth-order valence-electron chi connectivity index (χ4n) is 4.09. The van der Waals surface area contributed by atoms with E-state index in [4.69, 9.17) is 32.7 Å². The first-order chi connectivity index (χ1) is 16.7. The summed E-state index contributed by atoms with van der Waals surface area (Å²) in [6.45, 7) is 3.76. The van der Waals surface area contributed by atoms with Gasteiger partial charge in [0.15, 0.2) is 11.6 Å². The second-order valence-corrected chi connectivity index (χ2v) is 9.74. The molecule has 2 unspecified atom stereocenters. The van der Waals surface area contributed by atoms with Crippen LogP contribution in [0.3, 0.4) is 0 Å². The number of halogens is 3. The van der Waals surface area contributed by atoms with E-state index in [1.807, 2.05) is 38.1 Å². The number of hydrogen-bond donors (Lipinski definition) is 0. The van der Waals surface area contributed by atoms with Crippen LogP contribution in [0.15, 0.2) is 72.8 Å². The van der Waals surface area contributed by atoms with Crippen LogP contribution < -0.4 is 4.74 Å². The number of carbonyl (C=O) groups is 1. The van der Waals surface area contributed by atoms with Crippen molar-refractivity contribution >= 4 is 34.2 Å². The van der Waals surface area contributed by atoms with Gasteiger partial charge in [0.25, 0.3) is 0 Å². The second kappa shape index (κ2) is 10.1. The molecule has 0 radical (unpaired) electrons. The molecular formula is C28H22Cl2FNO3. The third kappa shape index (κ3) is 5.35. The fourth-order valence-corrected chi connectivity index (χ4v) is 4.48. The van der Waals surface area contributed by atoms with Gasteiger partial charge in [-0.05, 0) is 47.2 Å². The lowest BCUT2D eigenvalue weighted by Gasteiger charge is -2.12. The van der Waals surface area contributed by atoms with Gasteiger partial charge >= 0.3 is 5.97 Å². The second-order valence-electron chi connectivity index (χ2n) is 8.89. The average molecular weight is 510 g/mol. The highest BCUT2D eigenvalue weighted by Gasteiger charge is 2.61. The molecule has 1 aliphatic rings. The summed E-state index contributed by atoms with van der Waals surface area (Å²) in [5, 5.41) is 10.8. The Bertz CT molecular complexity index is 1310. The number of para-hydroxylation sites is 1. The number of hydrogen-bond acceptors (Lipinski definition) is 4. The van der Waals surface area contributed by atoms with Gasteiger partial charge in [0.2, 0.25) is 0 Å². The van der Waals surface area contributed by atoms with Gasteiger partial charge < -0.3 is 9.47 Å². The number of nitrogens with zero attached hydrogens (tertiary/aromatic N) is 1. The van der Waals surface area contributed by atoms with Crippen molar-refractivity contribution in [2.45, 2.75) is 20.5 Å². The first-order valence-corrected chi connectivity index (χ1v) is 11.7. The van der Waals surface area contributed by atoms with Crippen LogP contribution in [0.1, 0.15) is 30.5 Å². The molecule has 0 amide bonds. The van der Waals surface area contributed by atoms with Crippen molar-refractivity contribution in [1.29, 1.82) is 5.26 Å². The molecule has 0 N–H and O–H groups in total. The predicted octanol–water partition coefficient (Wildman–Crippen LogP) is 7.74. The molecule has 1 aliphatic carbocycles. The summed E-state index contributed by atoms with van der Waals surface area (Å²) in [4.78, 5) is 12.9. The van der Waals surface area contributed by atoms with Crippen molar-refractivity contribution in [3.8, 4) is 17.6 Å². The van der Waals surface area contributed by atoms with Crippen molar-refractivity contribution in [3.05, 3.63) is 100 Å². The molecular weight excluding hydrogens is 488 g/mol. The van der Waals surface area contributed by atoms with E-state index in [2.05, 4.69) is 0 Å². The zero-order valence-corrected chi connectivity index (χ0v) is 20.6. The number of allylic oxidation sites excluding steroid dienone is 1. The summed E-state index contributed by atoms with van der Waals surface area (Å²) in [5.41, 5.74) is 0.810. The van der Waals surface area contributed by atoms with Crippen LogP contribution in [0.4, 0.5) is 4.39 Å². The van der Waals surface area contributed by atoms with Gasteiger partial charge in [0.05, 0.1) is 5.92 Å². The number of nitriles is 1. The summed E-state index contributed by atoms with van der Waals surface area (Å²) in [6, 6.07) is 20.3. The Hall–Kier alpha value is -3.33. The van der Waals surface area contributed by atoms with E-state index in [1.165, 1.54) is 12.1 Å². The monoisotopic (exact) mass is 509 g/mol. The molecule has 35 heavy (non-hydrogen) atoms. The third-order valence-electron chi connectivity index (χ3n) is 6.25. The Labute approximate surface area is 213 Å². The number of carbonyl (C=O) groups excluding carboxylic acids is 1. The molecule has 1 saturated carbocycles. The zero-order valence-electron chi connectivity index (χ0n) is 19.1. The highest BCUT2D eigenvalue weighted by Crippen LogP contribution is 2.60. The maximum atomic E-state index is 14.5. The topological polar surface area (TPSA) is 59.3 Å². The minimum atomic E-state index is -0.675. The molecule has 0 aromatic heterocycles. The molecule has 1 fully saturated rings. The van der Waals surface area contributed by atoms with E-state index in [1.54, 1.807) is 42.5 Å². The van der Waals surface area contributed by atoms with Crippen LogP contribution in [0.2, 0.25) is 5.02 Å². The minimum Gasteiger partial charge on any atom is -0.461 e. The Morgan fingerprint density at radius 3 is 2.46 bits per heavy atom. The van der Waals surface area contributed by atoms with Gasteiger partial charge in [-0.2, -0.15) is 5.26 Å². The minimum absolute atomic E-state index is 0.0149. The van der Waals surface area contributed by atoms with Crippen LogP contribution in [-0.4, -0.2) is 5.97 Å². The number of ether oxygens (including phenoxy) is 2. The quantitative estimate of drug-likeness (QED) is 0.305. The van der Waals surface area contributed by atoms with Crippen LogP contribution in [0, 0.1) is 34.4 Å². The summed E-state index contributed by atoms with van der Waals surface area (Å²) in [5.74, 6) is -1.40. The smallest absolute Gasteiger partial charge is 0.310 e. The lowest BCUT2D eigenvalue weighted by Crippen LogP contribution is -2.11. The van der Waals surface area contributed by atoms with Gasteiger partial charge in [0.1, 0.15) is 24.0 Å². The third-order valence-corrected chi connectivity index (χ3v) is 6.85. The fraction of sp³-hybridized carbons (Fsp3) is 0.214. The predicted molar refractivity (Wildman–Crippen MR) is 133 cm³/mol. The van der Waals surface area contributed by atoms with E-state index in [0.29, 0.717) is 21.4 Å². The summed E-state index contributed by atoms with van der Waals surface area (Å²) >= 11 is 12.4. The molecule has 4 rings (SSSR count). The average Bonchev–Trinajstić information content (AvgIpc) is 3.39. The van der Waals surface area contributed by atoms with Gasteiger partial charge in [-0.1, -0.05) is 79.5 Å². The van der Waals surface area contributed by atoms with Crippen molar-refractivity contribution in [1.82, 2.24) is 0 Å². The van der Waals surface area contributed by atoms with E-state index in [9.17, 15) is 14.4 Å². The maximum Gasteiger partial charge on any atom is 0.310 e. The van der Waals surface area contributed by atoms with Gasteiger partial charge in [-0.3, -0.25) is 4.79 Å². The molecule has 0 spiro atoms. The standard InChI is InChI=1S/C28H22Cl2FNO3/c1-28(2)22(14-23(30)17-8-11-19(29)12-9-17)25(28)27(33)34-16-18-10-13-24(31)26(21(18)15-32)35-20-6-4-3-5-7-20/h3-14,22,25H,16H2,1-2H3/b23-14-. The van der Waals surface area contributed by atoms with Crippen LogP contribution in [0.25, 0.3) is 5.03 Å². The van der Waals surface area contributed by atoms with Crippen molar-refractivity contribution in [3.63, 3.8) is 0 Å². The Kier molecular flexibility index (Phi) is 7.16. The molecule has 0 heterocycles. The molecule has 7 heteroatoms. The SMILES string of the molecule is CC1(C)C(/C=C(\Cl)c2ccc(Cl)cc2)C1C(=O)OCc1ccc(F)c(Oc2ccccc2)c1C#N. The molecule has 3 aromatic rings. The van der Waals surface area contributed by atoms with Crippen LogP contribution in [0.5, 0.6) is 11.5 Å². The van der Waals surface area contributed by atoms with E-state index in [0.717, 1.165) is 5.56 Å². The highest BCUT2D eigenvalue weighted by atomic mass is 35.5. The molecule has 3 aromatic carbocycles. The summed E-state index contributed by atoms with van der Waals surface area (Å²) in [7, 11) is 0. The number of esters is 1. The lowest BCUT2D eigenvalue weighted by atomic mass is 10.1. The van der Waals surface area contributed by atoms with Crippen molar-refractivity contribution in [2.24, 2.45) is 17.3 Å². The Morgan fingerprint density at radius 1 is 1.11 bits per heavy atom. The zero-order chi connectivity index (χ0) is 25.2. The first-order valence-electron chi connectivity index (χ1n) is 11.0. The van der Waals surface area contributed by atoms with E-state index in [-0.39, 0.29) is 29.3 Å². The lowest BCUT2D eigenvalue weighted by molar-refractivity contribution is -0.147. The first kappa shape index (κ1) is 24.8. The Balaban J connectivity index is 1.47. The number of benzene rings is 3. The molecule has 0 bridgehead atoms. The van der Waals surface area contributed by atoms with Gasteiger partial charge in [0, 0.05) is 15.6 Å². The summed E-state index contributed by atoms with van der Waals surface area (Å²) in [6.07, 6.45) is 1.86. The van der Waals surface area contributed by atoms with Crippen molar-refractivity contribution < 1.29 is 18.7 Å². The molecule has 4 nitrogen and oxygen atoms in total. The summed E-state index contributed by atoms with van der Waals surface area (Å²) < 4.78 is 25.6. The normalized spacial score (nSPS) is 18.5. The Morgan fingerprint density at radius 2 is 1.80 bits per heavy atom. The van der Waals surface area contributed by atoms with E-state index >= 15 is 0 Å². The van der Waals surface area contributed by atoms with Crippen LogP contribution in [-0.2, 0) is 16.1 Å². The van der Waals surface area contributed by atoms with E-state index < -0.39 is 17.7 Å². The van der Waals surface area contributed by atoms with Gasteiger partial charge in [-0.25, -0.2) is 4.39 Å². The highest BCUT2D eigenvalue weighted by molar-refractivity contribution is 6.48. The van der Waals surface area contributed by atoms with Gasteiger partial charge in [-0.15, -0.1) is 0 Å². The molecule has 178 valence electrons. The van der Waals surface area contributed by atoms with Crippen molar-refractivity contribution in [2.75, 3.05) is 0 Å². The maximum absolute atomic E-state index is 14.5. The molecule has 0 saturated heterocycles. The largest absolute Gasteiger partial charge is 0.461 e. The number of rotatable bonds is 7. The molecule has 0 aliphatic heterocycles.